The standard InChI is InChI=1S/C11H22O2/c1-3-4-5-6-7-8-11(2)12-9-10-13-11/h3-10H2,1-2H3. The van der Waals surface area contributed by atoms with Gasteiger partial charge in [-0.25, -0.2) is 0 Å². The van der Waals surface area contributed by atoms with Gasteiger partial charge in [-0.1, -0.05) is 32.6 Å². The van der Waals surface area contributed by atoms with Crippen LogP contribution in [0, 0.1) is 0 Å². The lowest BCUT2D eigenvalue weighted by Crippen LogP contribution is -2.24. The van der Waals surface area contributed by atoms with Crippen molar-refractivity contribution in [3.63, 3.8) is 0 Å². The smallest absolute Gasteiger partial charge is 0.165 e. The van der Waals surface area contributed by atoms with Crippen molar-refractivity contribution in [2.24, 2.45) is 0 Å². The third kappa shape index (κ3) is 4.10. The Balaban J connectivity index is 1.98. The van der Waals surface area contributed by atoms with Crippen molar-refractivity contribution >= 4 is 0 Å². The van der Waals surface area contributed by atoms with E-state index in [0.29, 0.717) is 0 Å². The molecular weight excluding hydrogens is 164 g/mol. The van der Waals surface area contributed by atoms with Crippen LogP contribution in [0.5, 0.6) is 0 Å². The Morgan fingerprint density at radius 3 is 2.23 bits per heavy atom. The maximum Gasteiger partial charge on any atom is 0.165 e. The minimum Gasteiger partial charge on any atom is -0.348 e. The summed E-state index contributed by atoms with van der Waals surface area (Å²) in [4.78, 5) is 0. The van der Waals surface area contributed by atoms with Crippen molar-refractivity contribution in [2.45, 2.75) is 58.2 Å². The number of hydrogen-bond acceptors (Lipinski definition) is 2. The third-order valence-corrected chi connectivity index (χ3v) is 2.63. The first kappa shape index (κ1) is 11.0. The molecule has 1 saturated heterocycles. The maximum absolute atomic E-state index is 5.52. The highest BCUT2D eigenvalue weighted by atomic mass is 16.7. The Hall–Kier alpha value is -0.0800. The van der Waals surface area contributed by atoms with Crippen LogP contribution >= 0.6 is 0 Å². The lowest BCUT2D eigenvalue weighted by atomic mass is 10.1. The summed E-state index contributed by atoms with van der Waals surface area (Å²) in [6.07, 6.45) is 7.62. The van der Waals surface area contributed by atoms with Crippen LogP contribution in [0.15, 0.2) is 0 Å². The molecule has 1 fully saturated rings. The molecule has 0 aliphatic carbocycles. The summed E-state index contributed by atoms with van der Waals surface area (Å²) in [5.74, 6) is -0.258. The summed E-state index contributed by atoms with van der Waals surface area (Å²) >= 11 is 0. The SMILES string of the molecule is CCCCCCCC1(C)OCCO1. The Morgan fingerprint density at radius 2 is 1.62 bits per heavy atom. The van der Waals surface area contributed by atoms with Crippen LogP contribution in [-0.4, -0.2) is 19.0 Å². The van der Waals surface area contributed by atoms with Gasteiger partial charge in [-0.05, 0) is 13.3 Å². The van der Waals surface area contributed by atoms with Crippen molar-refractivity contribution < 1.29 is 9.47 Å². The first-order valence-electron chi connectivity index (χ1n) is 5.55. The number of ether oxygens (including phenoxy) is 2. The second-order valence-corrected chi connectivity index (χ2v) is 3.99. The van der Waals surface area contributed by atoms with E-state index in [1.807, 2.05) is 0 Å². The first-order chi connectivity index (χ1) is 6.27. The van der Waals surface area contributed by atoms with E-state index >= 15 is 0 Å². The Labute approximate surface area is 81.6 Å². The van der Waals surface area contributed by atoms with Gasteiger partial charge in [0.2, 0.25) is 0 Å². The van der Waals surface area contributed by atoms with E-state index in [1.165, 1.54) is 32.1 Å². The zero-order chi connectivity index (χ0) is 9.57. The summed E-state index contributed by atoms with van der Waals surface area (Å²) in [6.45, 7) is 5.83. The molecule has 1 heterocycles. The van der Waals surface area contributed by atoms with Crippen molar-refractivity contribution in [1.82, 2.24) is 0 Å². The molecule has 0 aromatic heterocycles. The van der Waals surface area contributed by atoms with E-state index in [2.05, 4.69) is 13.8 Å². The summed E-state index contributed by atoms with van der Waals surface area (Å²) in [5, 5.41) is 0. The Morgan fingerprint density at radius 1 is 1.00 bits per heavy atom. The summed E-state index contributed by atoms with van der Waals surface area (Å²) in [5.41, 5.74) is 0. The van der Waals surface area contributed by atoms with Crippen LogP contribution in [0.4, 0.5) is 0 Å². The number of hydrogen-bond donors (Lipinski definition) is 0. The van der Waals surface area contributed by atoms with Crippen LogP contribution in [0.3, 0.4) is 0 Å². The predicted octanol–water partition coefficient (Wildman–Crippen LogP) is 3.11. The summed E-state index contributed by atoms with van der Waals surface area (Å²) < 4.78 is 11.0. The van der Waals surface area contributed by atoms with Crippen LogP contribution in [0.2, 0.25) is 0 Å². The molecule has 0 N–H and O–H groups in total. The molecule has 1 aliphatic heterocycles. The lowest BCUT2D eigenvalue weighted by molar-refractivity contribution is -0.147. The lowest BCUT2D eigenvalue weighted by Gasteiger charge is -2.21. The van der Waals surface area contributed by atoms with Crippen LogP contribution < -0.4 is 0 Å². The Kier molecular flexibility index (Phi) is 4.74. The van der Waals surface area contributed by atoms with Crippen molar-refractivity contribution in [3.8, 4) is 0 Å². The topological polar surface area (TPSA) is 18.5 Å². The van der Waals surface area contributed by atoms with E-state index in [0.717, 1.165) is 19.6 Å². The van der Waals surface area contributed by atoms with Gasteiger partial charge in [0.1, 0.15) is 0 Å². The van der Waals surface area contributed by atoms with Gasteiger partial charge >= 0.3 is 0 Å². The van der Waals surface area contributed by atoms with Crippen molar-refractivity contribution in [1.29, 1.82) is 0 Å². The molecule has 1 rings (SSSR count). The average Bonchev–Trinajstić information content (AvgIpc) is 2.53. The molecular formula is C11H22O2. The average molecular weight is 186 g/mol. The molecule has 0 atom stereocenters. The van der Waals surface area contributed by atoms with E-state index in [-0.39, 0.29) is 5.79 Å². The molecule has 0 radical (unpaired) electrons. The van der Waals surface area contributed by atoms with Crippen LogP contribution in [-0.2, 0) is 9.47 Å². The van der Waals surface area contributed by atoms with Gasteiger partial charge in [0.25, 0.3) is 0 Å². The largest absolute Gasteiger partial charge is 0.348 e. The maximum atomic E-state index is 5.52. The molecule has 13 heavy (non-hydrogen) atoms. The third-order valence-electron chi connectivity index (χ3n) is 2.63. The second kappa shape index (κ2) is 5.61. The quantitative estimate of drug-likeness (QED) is 0.593. The van der Waals surface area contributed by atoms with Gasteiger partial charge in [0.15, 0.2) is 5.79 Å². The molecule has 2 nitrogen and oxygen atoms in total. The van der Waals surface area contributed by atoms with Gasteiger partial charge in [0, 0.05) is 6.42 Å². The predicted molar refractivity (Wildman–Crippen MR) is 53.7 cm³/mol. The number of unbranched alkanes of at least 4 members (excludes halogenated alkanes) is 4. The minimum atomic E-state index is -0.258. The van der Waals surface area contributed by atoms with E-state index < -0.39 is 0 Å². The molecule has 0 saturated carbocycles. The van der Waals surface area contributed by atoms with Crippen LogP contribution in [0.25, 0.3) is 0 Å². The fourth-order valence-electron chi connectivity index (χ4n) is 1.75. The van der Waals surface area contributed by atoms with Gasteiger partial charge < -0.3 is 9.47 Å². The molecule has 0 aromatic carbocycles. The second-order valence-electron chi connectivity index (χ2n) is 3.99. The van der Waals surface area contributed by atoms with Crippen molar-refractivity contribution in [2.75, 3.05) is 13.2 Å². The van der Waals surface area contributed by atoms with Gasteiger partial charge in [-0.2, -0.15) is 0 Å². The van der Waals surface area contributed by atoms with E-state index in [4.69, 9.17) is 9.47 Å². The fraction of sp³-hybridized carbons (Fsp3) is 1.00. The molecule has 0 aromatic rings. The summed E-state index contributed by atoms with van der Waals surface area (Å²) in [6, 6.07) is 0. The molecule has 78 valence electrons. The highest BCUT2D eigenvalue weighted by molar-refractivity contribution is 4.67. The zero-order valence-corrected chi connectivity index (χ0v) is 8.97. The van der Waals surface area contributed by atoms with Gasteiger partial charge in [-0.15, -0.1) is 0 Å². The molecule has 0 bridgehead atoms. The fourth-order valence-corrected chi connectivity index (χ4v) is 1.75. The minimum absolute atomic E-state index is 0.258. The summed E-state index contributed by atoms with van der Waals surface area (Å²) in [7, 11) is 0. The Bertz CT molecular complexity index is 128. The molecule has 0 amide bonds. The van der Waals surface area contributed by atoms with E-state index in [1.54, 1.807) is 0 Å². The number of rotatable bonds is 6. The molecule has 1 aliphatic rings. The monoisotopic (exact) mass is 186 g/mol. The highest BCUT2D eigenvalue weighted by Gasteiger charge is 2.29. The molecule has 0 unspecified atom stereocenters. The van der Waals surface area contributed by atoms with Crippen LogP contribution in [0.1, 0.15) is 52.4 Å². The highest BCUT2D eigenvalue weighted by Crippen LogP contribution is 2.25. The van der Waals surface area contributed by atoms with E-state index in [9.17, 15) is 0 Å². The van der Waals surface area contributed by atoms with Crippen molar-refractivity contribution in [3.05, 3.63) is 0 Å². The molecule has 0 spiro atoms. The van der Waals surface area contributed by atoms with Gasteiger partial charge in [0.05, 0.1) is 13.2 Å². The first-order valence-corrected chi connectivity index (χ1v) is 5.55. The zero-order valence-electron chi connectivity index (χ0n) is 8.97. The molecule has 2 heteroatoms. The van der Waals surface area contributed by atoms with Gasteiger partial charge in [-0.3, -0.25) is 0 Å². The normalized spacial score (nSPS) is 20.8.